The zero-order valence-corrected chi connectivity index (χ0v) is 22.9. The zero-order chi connectivity index (χ0) is 29.6. The normalized spacial score (nSPS) is 11.1. The molecule has 214 valence electrons. The van der Waals surface area contributed by atoms with Crippen LogP contribution in [0.5, 0.6) is 23.0 Å². The molecule has 1 amide bonds. The van der Waals surface area contributed by atoms with Crippen molar-refractivity contribution in [2.75, 3.05) is 25.5 Å². The van der Waals surface area contributed by atoms with Crippen LogP contribution in [-0.2, 0) is 27.7 Å². The maximum Gasteiger partial charge on any atom is 0.307 e. The highest BCUT2D eigenvalue weighted by molar-refractivity contribution is 7.92. The van der Waals surface area contributed by atoms with Crippen LogP contribution in [0, 0.1) is 11.6 Å². The minimum absolute atomic E-state index is 0.00941. The monoisotopic (exact) mass is 578 g/mol. The first kappa shape index (κ1) is 30.2. The Balaban J connectivity index is 2.19. The Labute approximate surface area is 229 Å². The van der Waals surface area contributed by atoms with Crippen molar-refractivity contribution >= 4 is 27.6 Å². The third-order valence-electron chi connectivity index (χ3n) is 5.74. The molecule has 0 aliphatic heterocycles. The Morgan fingerprint density at radius 3 is 2.25 bits per heavy atom. The average Bonchev–Trinajstić information content (AvgIpc) is 2.89. The number of amides is 1. The van der Waals surface area contributed by atoms with Gasteiger partial charge in [-0.1, -0.05) is 6.92 Å². The van der Waals surface area contributed by atoms with Crippen LogP contribution in [0.15, 0.2) is 47.4 Å². The number of hydrogen-bond acceptors (Lipinski definition) is 7. The van der Waals surface area contributed by atoms with Crippen LogP contribution in [0.2, 0.25) is 0 Å². The Kier molecular flexibility index (Phi) is 9.53. The Bertz CT molecular complexity index is 1540. The molecule has 10 nitrogen and oxygen atoms in total. The van der Waals surface area contributed by atoms with Gasteiger partial charge in [-0.15, -0.1) is 0 Å². The number of methoxy groups -OCH3 is 2. The van der Waals surface area contributed by atoms with E-state index in [1.165, 1.54) is 38.5 Å². The Hall–Kier alpha value is -4.39. The van der Waals surface area contributed by atoms with Crippen LogP contribution in [0.4, 0.5) is 14.5 Å². The molecule has 0 radical (unpaired) electrons. The predicted molar refractivity (Wildman–Crippen MR) is 142 cm³/mol. The summed E-state index contributed by atoms with van der Waals surface area (Å²) in [4.78, 5) is 23.1. The summed E-state index contributed by atoms with van der Waals surface area (Å²) in [5.41, 5.74) is 0.770. The summed E-state index contributed by atoms with van der Waals surface area (Å²) in [6, 6.07) is 7.36. The van der Waals surface area contributed by atoms with E-state index in [4.69, 9.17) is 14.2 Å². The fraction of sp³-hybridized carbons (Fsp3) is 0.259. The quantitative estimate of drug-likeness (QED) is 0.285. The number of benzene rings is 3. The highest BCUT2D eigenvalue weighted by Crippen LogP contribution is 2.46. The predicted octanol–water partition coefficient (Wildman–Crippen LogP) is 4.51. The van der Waals surface area contributed by atoms with Crippen molar-refractivity contribution in [3.05, 3.63) is 70.8 Å². The fourth-order valence-corrected chi connectivity index (χ4v) is 5.11. The van der Waals surface area contributed by atoms with Crippen molar-refractivity contribution in [2.24, 2.45) is 0 Å². The molecule has 13 heteroatoms. The van der Waals surface area contributed by atoms with E-state index in [1.807, 2.05) is 0 Å². The lowest BCUT2D eigenvalue weighted by Crippen LogP contribution is -2.23. The molecule has 0 fully saturated rings. The largest absolute Gasteiger partial charge is 0.493 e. The topological polar surface area (TPSA) is 140 Å². The summed E-state index contributed by atoms with van der Waals surface area (Å²) in [7, 11) is -1.94. The van der Waals surface area contributed by atoms with Crippen molar-refractivity contribution in [3.63, 3.8) is 0 Å². The highest BCUT2D eigenvalue weighted by atomic mass is 32.2. The number of aliphatic carboxylic acids is 1. The van der Waals surface area contributed by atoms with Gasteiger partial charge in [0.05, 0.1) is 26.3 Å². The van der Waals surface area contributed by atoms with Crippen LogP contribution in [0.25, 0.3) is 0 Å². The molecule has 0 spiro atoms. The van der Waals surface area contributed by atoms with E-state index in [0.717, 1.165) is 12.1 Å². The molecule has 0 saturated heterocycles. The van der Waals surface area contributed by atoms with Gasteiger partial charge < -0.3 is 24.6 Å². The second kappa shape index (κ2) is 12.6. The first-order valence-electron chi connectivity index (χ1n) is 12.0. The molecule has 0 heterocycles. The van der Waals surface area contributed by atoms with E-state index < -0.39 is 38.4 Å². The van der Waals surface area contributed by atoms with Gasteiger partial charge in [0, 0.05) is 23.7 Å². The molecule has 0 aliphatic rings. The lowest BCUT2D eigenvalue weighted by atomic mass is 9.99. The van der Waals surface area contributed by atoms with E-state index in [2.05, 4.69) is 10.0 Å². The van der Waals surface area contributed by atoms with Gasteiger partial charge in [0.2, 0.25) is 5.75 Å². The van der Waals surface area contributed by atoms with E-state index in [9.17, 15) is 31.9 Å². The van der Waals surface area contributed by atoms with Crippen molar-refractivity contribution in [3.8, 4) is 23.0 Å². The highest BCUT2D eigenvalue weighted by Gasteiger charge is 2.26. The molecule has 0 aliphatic carbocycles. The minimum atomic E-state index is -4.63. The zero-order valence-electron chi connectivity index (χ0n) is 22.1. The number of anilines is 1. The van der Waals surface area contributed by atoms with E-state index in [1.54, 1.807) is 13.8 Å². The van der Waals surface area contributed by atoms with Gasteiger partial charge >= 0.3 is 5.97 Å². The number of carboxylic acids is 1. The molecule has 0 aromatic heterocycles. The van der Waals surface area contributed by atoms with Crippen molar-refractivity contribution in [1.82, 2.24) is 5.32 Å². The Morgan fingerprint density at radius 2 is 1.68 bits per heavy atom. The summed E-state index contributed by atoms with van der Waals surface area (Å²) >= 11 is 0. The molecular weight excluding hydrogens is 550 g/mol. The lowest BCUT2D eigenvalue weighted by molar-refractivity contribution is -0.136. The SMILES string of the molecule is CCNC(=O)c1ccc(Oc2c(OC)cc(CC(=O)O)c(CC)c2OC)c(NS(=O)(=O)c2ccc(F)cc2F)c1. The van der Waals surface area contributed by atoms with Crippen LogP contribution < -0.4 is 24.2 Å². The molecular formula is C27H28F2N2O8S. The number of hydrogen-bond donors (Lipinski definition) is 3. The molecule has 0 saturated carbocycles. The smallest absolute Gasteiger partial charge is 0.307 e. The maximum atomic E-state index is 14.4. The van der Waals surface area contributed by atoms with Crippen LogP contribution >= 0.6 is 0 Å². The van der Waals surface area contributed by atoms with Gasteiger partial charge in [0.15, 0.2) is 17.2 Å². The number of rotatable bonds is 12. The molecule has 3 rings (SSSR count). The number of nitrogens with one attached hydrogen (secondary N) is 2. The van der Waals surface area contributed by atoms with Crippen LogP contribution in [0.1, 0.15) is 35.3 Å². The first-order valence-corrected chi connectivity index (χ1v) is 13.5. The third kappa shape index (κ3) is 6.60. The van der Waals surface area contributed by atoms with Gasteiger partial charge in [-0.25, -0.2) is 17.2 Å². The summed E-state index contributed by atoms with van der Waals surface area (Å²) in [6.45, 7) is 3.79. The first-order chi connectivity index (χ1) is 18.9. The van der Waals surface area contributed by atoms with E-state index in [0.29, 0.717) is 30.2 Å². The molecule has 3 N–H and O–H groups in total. The van der Waals surface area contributed by atoms with Crippen molar-refractivity contribution in [1.29, 1.82) is 0 Å². The molecule has 40 heavy (non-hydrogen) atoms. The molecule has 3 aromatic carbocycles. The number of halogens is 2. The summed E-state index contributed by atoms with van der Waals surface area (Å²) in [5, 5.41) is 11.9. The van der Waals surface area contributed by atoms with Gasteiger partial charge in [-0.2, -0.15) is 0 Å². The van der Waals surface area contributed by atoms with Crippen molar-refractivity contribution in [2.45, 2.75) is 31.6 Å². The van der Waals surface area contributed by atoms with Gasteiger partial charge in [0.1, 0.15) is 16.5 Å². The maximum absolute atomic E-state index is 14.4. The molecule has 0 bridgehead atoms. The van der Waals surface area contributed by atoms with Gasteiger partial charge in [0.25, 0.3) is 15.9 Å². The molecule has 3 aromatic rings. The number of sulfonamides is 1. The number of ether oxygens (including phenoxy) is 3. The summed E-state index contributed by atoms with van der Waals surface area (Å²) in [5.74, 6) is -3.72. The average molecular weight is 579 g/mol. The van der Waals surface area contributed by atoms with E-state index in [-0.39, 0.29) is 40.7 Å². The van der Waals surface area contributed by atoms with Gasteiger partial charge in [-0.05, 0) is 55.3 Å². The van der Waals surface area contributed by atoms with Crippen molar-refractivity contribution < 1.29 is 46.1 Å². The fourth-order valence-electron chi connectivity index (χ4n) is 3.98. The molecule has 0 unspecified atom stereocenters. The minimum Gasteiger partial charge on any atom is -0.493 e. The number of carboxylic acid groups (broad SMARTS) is 1. The molecule has 0 atom stereocenters. The number of carbonyl (C=O) groups is 2. The standard InChI is InChI=1S/C27H28F2N2O8S/c1-5-18-16(13-24(32)33)12-22(37-3)26(25(18)38-4)39-21-9-7-15(27(34)30-6-2)11-20(21)31-40(35,36)23-10-8-17(28)14-19(23)29/h7-12,14,31H,5-6,13H2,1-4H3,(H,30,34)(H,32,33). The third-order valence-corrected chi connectivity index (χ3v) is 7.13. The van der Waals surface area contributed by atoms with Crippen LogP contribution in [-0.4, -0.2) is 46.2 Å². The summed E-state index contributed by atoms with van der Waals surface area (Å²) < 4.78 is 73.3. The van der Waals surface area contributed by atoms with E-state index >= 15 is 0 Å². The number of carbonyl (C=O) groups excluding carboxylic acids is 1. The van der Waals surface area contributed by atoms with Crippen LogP contribution in [0.3, 0.4) is 0 Å². The second-order valence-electron chi connectivity index (χ2n) is 8.36. The Morgan fingerprint density at radius 1 is 0.950 bits per heavy atom. The van der Waals surface area contributed by atoms with Gasteiger partial charge in [-0.3, -0.25) is 14.3 Å². The summed E-state index contributed by atoms with van der Waals surface area (Å²) in [6.07, 6.45) is 0.0529. The lowest BCUT2D eigenvalue weighted by Gasteiger charge is -2.21. The second-order valence-corrected chi connectivity index (χ2v) is 10.0.